The number of nitro groups is 1. The Morgan fingerprint density at radius 1 is 1.47 bits per heavy atom. The molecule has 7 nitrogen and oxygen atoms in total. The summed E-state index contributed by atoms with van der Waals surface area (Å²) < 4.78 is 9.52. The van der Waals surface area contributed by atoms with Crippen molar-refractivity contribution in [3.8, 4) is 0 Å². The first-order chi connectivity index (χ1) is 8.06. The van der Waals surface area contributed by atoms with Crippen molar-refractivity contribution < 1.29 is 19.2 Å². The molecule has 1 rings (SSSR count). The normalized spacial score (nSPS) is 9.94. The third-order valence-electron chi connectivity index (χ3n) is 1.98. The molecule has 0 aromatic heterocycles. The Kier molecular flexibility index (Phi) is 4.41. The second-order valence-electron chi connectivity index (χ2n) is 3.16. The molecule has 0 aliphatic heterocycles. The van der Waals surface area contributed by atoms with Gasteiger partial charge in [0.2, 0.25) is 0 Å². The van der Waals surface area contributed by atoms with Crippen molar-refractivity contribution in [3.05, 3.63) is 33.9 Å². The number of ether oxygens (including phenoxy) is 2. The van der Waals surface area contributed by atoms with Gasteiger partial charge in [-0.2, -0.15) is 0 Å². The first-order valence-corrected chi connectivity index (χ1v) is 4.76. The Hall–Kier alpha value is -2.15. The van der Waals surface area contributed by atoms with Gasteiger partial charge in [-0.15, -0.1) is 0 Å². The van der Waals surface area contributed by atoms with Gasteiger partial charge >= 0.3 is 5.97 Å². The van der Waals surface area contributed by atoms with Crippen LogP contribution in [0, 0.1) is 10.1 Å². The Morgan fingerprint density at radius 2 is 2.18 bits per heavy atom. The predicted molar refractivity (Wildman–Crippen MR) is 59.7 cm³/mol. The fraction of sp³-hybridized carbons (Fsp3) is 0.300. The smallest absolute Gasteiger partial charge is 0.338 e. The zero-order chi connectivity index (χ0) is 12.8. The maximum Gasteiger partial charge on any atom is 0.338 e. The monoisotopic (exact) mass is 240 g/mol. The van der Waals surface area contributed by atoms with Crippen molar-refractivity contribution in [2.45, 2.75) is 0 Å². The minimum atomic E-state index is -0.652. The number of nitro benzene ring substituents is 1. The van der Waals surface area contributed by atoms with Gasteiger partial charge in [0, 0.05) is 13.2 Å². The summed E-state index contributed by atoms with van der Waals surface area (Å²) >= 11 is 0. The average Bonchev–Trinajstić information content (AvgIpc) is 2.29. The van der Waals surface area contributed by atoms with E-state index in [-0.39, 0.29) is 30.2 Å². The number of hydrogen-bond donors (Lipinski definition) is 1. The molecule has 7 heteroatoms. The molecule has 0 saturated heterocycles. The van der Waals surface area contributed by atoms with Crippen LogP contribution in [0.1, 0.15) is 10.4 Å². The lowest BCUT2D eigenvalue weighted by atomic mass is 10.2. The third-order valence-corrected chi connectivity index (χ3v) is 1.98. The van der Waals surface area contributed by atoms with E-state index in [9.17, 15) is 14.9 Å². The lowest BCUT2D eigenvalue weighted by molar-refractivity contribution is -0.383. The topological polar surface area (TPSA) is 105 Å². The molecule has 0 heterocycles. The Morgan fingerprint density at radius 3 is 2.76 bits per heavy atom. The van der Waals surface area contributed by atoms with Gasteiger partial charge in [0.15, 0.2) is 0 Å². The number of esters is 1. The van der Waals surface area contributed by atoms with Crippen molar-refractivity contribution in [2.75, 3.05) is 26.1 Å². The molecule has 0 spiro atoms. The lowest BCUT2D eigenvalue weighted by Crippen LogP contribution is -2.10. The summed E-state index contributed by atoms with van der Waals surface area (Å²) in [5, 5.41) is 10.6. The van der Waals surface area contributed by atoms with Crippen molar-refractivity contribution in [1.82, 2.24) is 0 Å². The zero-order valence-corrected chi connectivity index (χ0v) is 9.21. The second-order valence-corrected chi connectivity index (χ2v) is 3.16. The van der Waals surface area contributed by atoms with Crippen LogP contribution in [0.2, 0.25) is 0 Å². The second kappa shape index (κ2) is 5.80. The fourth-order valence-corrected chi connectivity index (χ4v) is 1.13. The third kappa shape index (κ3) is 3.42. The number of benzene rings is 1. The SMILES string of the molecule is COCCOC(=O)c1ccc(N)c([N+](=O)[O-])c1. The Labute approximate surface area is 97.3 Å². The van der Waals surface area contributed by atoms with Crippen molar-refractivity contribution in [3.63, 3.8) is 0 Å². The van der Waals surface area contributed by atoms with Crippen LogP contribution in [-0.4, -0.2) is 31.2 Å². The van der Waals surface area contributed by atoms with Crippen LogP contribution in [0.3, 0.4) is 0 Å². The Balaban J connectivity index is 2.81. The van der Waals surface area contributed by atoms with Crippen molar-refractivity contribution in [1.29, 1.82) is 0 Å². The van der Waals surface area contributed by atoms with E-state index in [4.69, 9.17) is 15.2 Å². The van der Waals surface area contributed by atoms with E-state index in [1.807, 2.05) is 0 Å². The molecule has 17 heavy (non-hydrogen) atoms. The first kappa shape index (κ1) is 12.9. The molecular weight excluding hydrogens is 228 g/mol. The highest BCUT2D eigenvalue weighted by Crippen LogP contribution is 2.22. The molecule has 92 valence electrons. The quantitative estimate of drug-likeness (QED) is 0.270. The number of hydrogen-bond acceptors (Lipinski definition) is 6. The number of nitrogens with zero attached hydrogens (tertiary/aromatic N) is 1. The summed E-state index contributed by atoms with van der Waals surface area (Å²) in [6.07, 6.45) is 0. The Bertz CT molecular complexity index is 433. The molecular formula is C10H12N2O5. The number of methoxy groups -OCH3 is 1. The van der Waals surface area contributed by atoms with E-state index >= 15 is 0 Å². The first-order valence-electron chi connectivity index (χ1n) is 4.76. The summed E-state index contributed by atoms with van der Waals surface area (Å²) in [5.41, 5.74) is 5.17. The minimum absolute atomic E-state index is 0.00319. The van der Waals surface area contributed by atoms with Crippen LogP contribution < -0.4 is 5.73 Å². The predicted octanol–water partition coefficient (Wildman–Crippen LogP) is 0.980. The molecule has 0 aliphatic rings. The van der Waals surface area contributed by atoms with Crippen LogP contribution in [0.15, 0.2) is 18.2 Å². The summed E-state index contributed by atoms with van der Waals surface area (Å²) in [6.45, 7) is 0.357. The van der Waals surface area contributed by atoms with Crippen LogP contribution in [0.25, 0.3) is 0 Å². The molecule has 0 aliphatic carbocycles. The molecule has 1 aromatic carbocycles. The van der Waals surface area contributed by atoms with E-state index in [0.29, 0.717) is 0 Å². The van der Waals surface area contributed by atoms with Crippen LogP contribution in [-0.2, 0) is 9.47 Å². The molecule has 2 N–H and O–H groups in total. The summed E-state index contributed by atoms with van der Waals surface area (Å²) in [5.74, 6) is -0.648. The molecule has 0 unspecified atom stereocenters. The summed E-state index contributed by atoms with van der Waals surface area (Å²) in [7, 11) is 1.47. The number of rotatable bonds is 5. The van der Waals surface area contributed by atoms with Gasteiger partial charge in [0.25, 0.3) is 5.69 Å². The van der Waals surface area contributed by atoms with Gasteiger partial charge in [-0.3, -0.25) is 10.1 Å². The van der Waals surface area contributed by atoms with Crippen LogP contribution in [0.4, 0.5) is 11.4 Å². The summed E-state index contributed by atoms with van der Waals surface area (Å²) in [6, 6.07) is 3.76. The molecule has 0 amide bonds. The standard InChI is InChI=1S/C10H12N2O5/c1-16-4-5-17-10(13)7-2-3-8(11)9(6-7)12(14)15/h2-3,6H,4-5,11H2,1H3. The van der Waals surface area contributed by atoms with E-state index in [1.165, 1.54) is 19.2 Å². The van der Waals surface area contributed by atoms with Gasteiger partial charge in [0.05, 0.1) is 17.1 Å². The largest absolute Gasteiger partial charge is 0.460 e. The average molecular weight is 240 g/mol. The molecule has 0 saturated carbocycles. The minimum Gasteiger partial charge on any atom is -0.460 e. The van der Waals surface area contributed by atoms with E-state index in [1.54, 1.807) is 0 Å². The van der Waals surface area contributed by atoms with Gasteiger partial charge < -0.3 is 15.2 Å². The highest BCUT2D eigenvalue weighted by molar-refractivity contribution is 5.91. The molecule has 0 bridgehead atoms. The van der Waals surface area contributed by atoms with Crippen molar-refractivity contribution in [2.24, 2.45) is 0 Å². The highest BCUT2D eigenvalue weighted by Gasteiger charge is 2.16. The number of nitrogen functional groups attached to an aromatic ring is 1. The van der Waals surface area contributed by atoms with Gasteiger partial charge in [-0.25, -0.2) is 4.79 Å². The molecule has 1 aromatic rings. The lowest BCUT2D eigenvalue weighted by Gasteiger charge is -2.04. The van der Waals surface area contributed by atoms with Crippen molar-refractivity contribution >= 4 is 17.3 Å². The zero-order valence-electron chi connectivity index (χ0n) is 9.21. The van der Waals surface area contributed by atoms with E-state index in [2.05, 4.69) is 0 Å². The maximum atomic E-state index is 11.5. The number of carbonyl (C=O) groups excluding carboxylic acids is 1. The van der Waals surface area contributed by atoms with Crippen LogP contribution in [0.5, 0.6) is 0 Å². The number of nitrogens with two attached hydrogens (primary N) is 1. The number of carbonyl (C=O) groups is 1. The van der Waals surface area contributed by atoms with E-state index < -0.39 is 10.9 Å². The number of anilines is 1. The highest BCUT2D eigenvalue weighted by atomic mass is 16.6. The van der Waals surface area contributed by atoms with Gasteiger partial charge in [0.1, 0.15) is 12.3 Å². The van der Waals surface area contributed by atoms with Gasteiger partial charge in [-0.05, 0) is 12.1 Å². The van der Waals surface area contributed by atoms with Crippen LogP contribution >= 0.6 is 0 Å². The van der Waals surface area contributed by atoms with E-state index in [0.717, 1.165) is 6.07 Å². The molecule has 0 fully saturated rings. The summed E-state index contributed by atoms with van der Waals surface area (Å²) in [4.78, 5) is 21.4. The molecule has 0 atom stereocenters. The maximum absolute atomic E-state index is 11.5. The van der Waals surface area contributed by atoms with Gasteiger partial charge in [-0.1, -0.05) is 0 Å². The fourth-order valence-electron chi connectivity index (χ4n) is 1.13. The molecule has 0 radical (unpaired) electrons.